The van der Waals surface area contributed by atoms with Crippen molar-refractivity contribution in [2.45, 2.75) is 25.8 Å². The molecule has 21 heavy (non-hydrogen) atoms. The Labute approximate surface area is 124 Å². The maximum atomic E-state index is 14.0. The maximum Gasteiger partial charge on any atom is 0.128 e. The van der Waals surface area contributed by atoms with Crippen LogP contribution in [0.15, 0.2) is 42.5 Å². The monoisotopic (exact) mass is 288 g/mol. The van der Waals surface area contributed by atoms with Gasteiger partial charge in [0, 0.05) is 11.6 Å². The first kappa shape index (κ1) is 15.5. The fraction of sp³-hybridized carbons (Fsp3) is 0.294. The van der Waals surface area contributed by atoms with Crippen LogP contribution in [-0.4, -0.2) is 7.11 Å². The molecule has 112 valence electrons. The van der Waals surface area contributed by atoms with E-state index in [1.807, 2.05) is 37.3 Å². The summed E-state index contributed by atoms with van der Waals surface area (Å²) in [5.74, 6) is 6.20. The molecule has 3 nitrogen and oxygen atoms in total. The molecule has 0 radical (unpaired) electrons. The molecule has 1 unspecified atom stereocenters. The molecule has 0 saturated carbocycles. The smallest absolute Gasteiger partial charge is 0.128 e. The Balaban J connectivity index is 2.04. The lowest BCUT2D eigenvalue weighted by Gasteiger charge is -2.17. The highest BCUT2D eigenvalue weighted by atomic mass is 19.1. The lowest BCUT2D eigenvalue weighted by molar-refractivity contribution is 0.414. The maximum absolute atomic E-state index is 14.0. The van der Waals surface area contributed by atoms with E-state index in [1.54, 1.807) is 13.2 Å². The van der Waals surface area contributed by atoms with Crippen LogP contribution in [-0.2, 0) is 6.42 Å². The average Bonchev–Trinajstić information content (AvgIpc) is 2.50. The molecule has 0 aromatic heterocycles. The van der Waals surface area contributed by atoms with Crippen LogP contribution in [0.3, 0.4) is 0 Å². The molecule has 2 aromatic rings. The standard InChI is InChI=1S/C17H21FN2O/c1-12-3-9-15(16(18)11-12)17(20-19)10-6-13-4-7-14(21-2)8-5-13/h3-5,7-9,11,17,20H,6,10,19H2,1-2H3. The molecule has 2 rings (SSSR count). The third-order valence-corrected chi connectivity index (χ3v) is 3.61. The molecule has 1 atom stereocenters. The van der Waals surface area contributed by atoms with Gasteiger partial charge in [-0.05, 0) is 49.1 Å². The summed E-state index contributed by atoms with van der Waals surface area (Å²) >= 11 is 0. The largest absolute Gasteiger partial charge is 0.497 e. The van der Waals surface area contributed by atoms with Gasteiger partial charge in [0.1, 0.15) is 11.6 Å². The van der Waals surface area contributed by atoms with Crippen LogP contribution in [0.1, 0.15) is 29.2 Å². The van der Waals surface area contributed by atoms with Crippen molar-refractivity contribution in [2.75, 3.05) is 7.11 Å². The van der Waals surface area contributed by atoms with Crippen molar-refractivity contribution in [3.05, 3.63) is 65.0 Å². The van der Waals surface area contributed by atoms with Gasteiger partial charge in [0.15, 0.2) is 0 Å². The molecule has 2 aromatic carbocycles. The van der Waals surface area contributed by atoms with Gasteiger partial charge in [0.05, 0.1) is 7.11 Å². The van der Waals surface area contributed by atoms with Gasteiger partial charge >= 0.3 is 0 Å². The van der Waals surface area contributed by atoms with Crippen LogP contribution < -0.4 is 16.0 Å². The van der Waals surface area contributed by atoms with E-state index in [0.717, 1.165) is 24.2 Å². The zero-order chi connectivity index (χ0) is 15.2. The SMILES string of the molecule is COc1ccc(CCC(NN)c2ccc(C)cc2F)cc1. The fourth-order valence-corrected chi connectivity index (χ4v) is 2.35. The Hall–Kier alpha value is -1.91. The van der Waals surface area contributed by atoms with E-state index in [-0.39, 0.29) is 11.9 Å². The predicted molar refractivity (Wildman–Crippen MR) is 82.5 cm³/mol. The Bertz CT molecular complexity index is 584. The zero-order valence-electron chi connectivity index (χ0n) is 12.4. The van der Waals surface area contributed by atoms with E-state index in [1.165, 1.54) is 11.6 Å². The molecule has 0 heterocycles. The van der Waals surface area contributed by atoms with Gasteiger partial charge in [-0.1, -0.05) is 24.3 Å². The number of ether oxygens (including phenoxy) is 1. The van der Waals surface area contributed by atoms with Gasteiger partial charge < -0.3 is 4.74 Å². The van der Waals surface area contributed by atoms with Gasteiger partial charge in [0.2, 0.25) is 0 Å². The second-order valence-electron chi connectivity index (χ2n) is 5.13. The normalized spacial score (nSPS) is 12.2. The summed E-state index contributed by atoms with van der Waals surface area (Å²) in [5.41, 5.74) is 5.39. The van der Waals surface area contributed by atoms with Gasteiger partial charge in [-0.2, -0.15) is 0 Å². The summed E-state index contributed by atoms with van der Waals surface area (Å²) in [4.78, 5) is 0. The number of hydrogen-bond acceptors (Lipinski definition) is 3. The quantitative estimate of drug-likeness (QED) is 0.633. The highest BCUT2D eigenvalue weighted by Gasteiger charge is 2.14. The Morgan fingerprint density at radius 1 is 1.19 bits per heavy atom. The lowest BCUT2D eigenvalue weighted by Crippen LogP contribution is -2.29. The van der Waals surface area contributed by atoms with Crippen molar-refractivity contribution in [1.29, 1.82) is 0 Å². The Morgan fingerprint density at radius 2 is 1.90 bits per heavy atom. The van der Waals surface area contributed by atoms with Crippen LogP contribution in [0.5, 0.6) is 5.75 Å². The van der Waals surface area contributed by atoms with Crippen molar-refractivity contribution in [3.8, 4) is 5.75 Å². The van der Waals surface area contributed by atoms with Crippen molar-refractivity contribution >= 4 is 0 Å². The average molecular weight is 288 g/mol. The van der Waals surface area contributed by atoms with E-state index in [4.69, 9.17) is 10.6 Å². The van der Waals surface area contributed by atoms with Crippen molar-refractivity contribution in [2.24, 2.45) is 5.84 Å². The molecule has 0 aliphatic carbocycles. The van der Waals surface area contributed by atoms with Crippen LogP contribution in [0.25, 0.3) is 0 Å². The van der Waals surface area contributed by atoms with E-state index in [9.17, 15) is 4.39 Å². The van der Waals surface area contributed by atoms with Crippen molar-refractivity contribution in [1.82, 2.24) is 5.43 Å². The molecular weight excluding hydrogens is 267 g/mol. The molecule has 0 fully saturated rings. The molecule has 0 spiro atoms. The summed E-state index contributed by atoms with van der Waals surface area (Å²) in [7, 11) is 1.64. The number of nitrogens with two attached hydrogens (primary N) is 1. The summed E-state index contributed by atoms with van der Waals surface area (Å²) in [6.45, 7) is 1.87. The number of nitrogens with one attached hydrogen (secondary N) is 1. The molecule has 0 bridgehead atoms. The topological polar surface area (TPSA) is 47.3 Å². The minimum absolute atomic E-state index is 0.201. The number of aryl methyl sites for hydroxylation is 2. The third kappa shape index (κ3) is 4.03. The number of hydrogen-bond donors (Lipinski definition) is 2. The first-order chi connectivity index (χ1) is 10.1. The molecule has 0 aliphatic rings. The van der Waals surface area contributed by atoms with Crippen LogP contribution in [0.2, 0.25) is 0 Å². The van der Waals surface area contributed by atoms with Crippen LogP contribution in [0.4, 0.5) is 4.39 Å². The number of benzene rings is 2. The van der Waals surface area contributed by atoms with Gasteiger partial charge in [0.25, 0.3) is 0 Å². The summed E-state index contributed by atoms with van der Waals surface area (Å²) < 4.78 is 19.1. The van der Waals surface area contributed by atoms with Crippen molar-refractivity contribution in [3.63, 3.8) is 0 Å². The van der Waals surface area contributed by atoms with E-state index in [0.29, 0.717) is 5.56 Å². The molecule has 0 saturated heterocycles. The number of hydrazine groups is 1. The molecule has 0 amide bonds. The van der Waals surface area contributed by atoms with E-state index >= 15 is 0 Å². The fourth-order valence-electron chi connectivity index (χ4n) is 2.35. The van der Waals surface area contributed by atoms with Gasteiger partial charge in [-0.25, -0.2) is 4.39 Å². The Kier molecular flexibility index (Phi) is 5.31. The van der Waals surface area contributed by atoms with Crippen molar-refractivity contribution < 1.29 is 9.13 Å². The minimum Gasteiger partial charge on any atom is -0.497 e. The second kappa shape index (κ2) is 7.20. The summed E-state index contributed by atoms with van der Waals surface area (Å²) in [5, 5.41) is 0. The first-order valence-electron chi connectivity index (χ1n) is 6.99. The summed E-state index contributed by atoms with van der Waals surface area (Å²) in [6.07, 6.45) is 1.54. The highest BCUT2D eigenvalue weighted by Crippen LogP contribution is 2.23. The second-order valence-corrected chi connectivity index (χ2v) is 5.13. The lowest BCUT2D eigenvalue weighted by atomic mass is 9.98. The van der Waals surface area contributed by atoms with E-state index < -0.39 is 0 Å². The molecule has 0 aliphatic heterocycles. The molecule has 3 N–H and O–H groups in total. The predicted octanol–water partition coefficient (Wildman–Crippen LogP) is 3.28. The van der Waals surface area contributed by atoms with Crippen LogP contribution >= 0.6 is 0 Å². The van der Waals surface area contributed by atoms with Gasteiger partial charge in [-0.15, -0.1) is 0 Å². The minimum atomic E-state index is -0.215. The Morgan fingerprint density at radius 3 is 2.48 bits per heavy atom. The molecular formula is C17H21FN2O. The number of halogens is 1. The first-order valence-corrected chi connectivity index (χ1v) is 6.99. The molecule has 4 heteroatoms. The van der Waals surface area contributed by atoms with Gasteiger partial charge in [-0.3, -0.25) is 11.3 Å². The zero-order valence-corrected chi connectivity index (χ0v) is 12.4. The van der Waals surface area contributed by atoms with Crippen LogP contribution in [0, 0.1) is 12.7 Å². The van der Waals surface area contributed by atoms with E-state index in [2.05, 4.69) is 5.43 Å². The highest BCUT2D eigenvalue weighted by molar-refractivity contribution is 5.29. The third-order valence-electron chi connectivity index (χ3n) is 3.61. The number of rotatable bonds is 6. The number of methoxy groups -OCH3 is 1. The summed E-state index contributed by atoms with van der Waals surface area (Å²) in [6, 6.07) is 12.9.